The Kier molecular flexibility index (Phi) is 3.16. The normalized spacial score (nSPS) is 18.1. The van der Waals surface area contributed by atoms with Crippen LogP contribution < -0.4 is 9.58 Å². The molecule has 15 heavy (non-hydrogen) atoms. The van der Waals surface area contributed by atoms with Gasteiger partial charge in [0, 0.05) is 37.3 Å². The molecule has 4 heteroatoms. The maximum atomic E-state index is 4.47. The van der Waals surface area contributed by atoms with Crippen LogP contribution in [0.25, 0.3) is 0 Å². The first-order chi connectivity index (χ1) is 7.29. The quantitative estimate of drug-likeness (QED) is 0.640. The van der Waals surface area contributed by atoms with E-state index in [1.165, 1.54) is 0 Å². The van der Waals surface area contributed by atoms with Crippen molar-refractivity contribution in [3.63, 3.8) is 0 Å². The van der Waals surface area contributed by atoms with Crippen LogP contribution in [0.15, 0.2) is 18.3 Å². The standard InChI is InChI=1S/C11H19N4/c1-3-14-7-9-15(10-8-14)11-5-4-6-13(2)12-11/h4-6H,3,7-10H2,1-2H3/q+1. The summed E-state index contributed by atoms with van der Waals surface area (Å²) in [6, 6.07) is 4.14. The first kappa shape index (κ1) is 10.4. The van der Waals surface area contributed by atoms with Crippen molar-refractivity contribution < 1.29 is 4.68 Å². The van der Waals surface area contributed by atoms with Gasteiger partial charge < -0.3 is 9.80 Å². The van der Waals surface area contributed by atoms with Crippen molar-refractivity contribution in [2.45, 2.75) is 6.92 Å². The lowest BCUT2D eigenvalue weighted by Gasteiger charge is -2.33. The molecule has 0 aliphatic carbocycles. The van der Waals surface area contributed by atoms with Gasteiger partial charge in [-0.25, -0.2) is 0 Å². The first-order valence-electron chi connectivity index (χ1n) is 5.60. The summed E-state index contributed by atoms with van der Waals surface area (Å²) in [6.07, 6.45) is 1.96. The average Bonchev–Trinajstić information content (AvgIpc) is 2.29. The topological polar surface area (TPSA) is 23.2 Å². The first-order valence-corrected chi connectivity index (χ1v) is 5.60. The van der Waals surface area contributed by atoms with E-state index in [-0.39, 0.29) is 0 Å². The summed E-state index contributed by atoms with van der Waals surface area (Å²) < 4.78 is 1.86. The molecule has 1 fully saturated rings. The molecule has 0 atom stereocenters. The van der Waals surface area contributed by atoms with Crippen LogP contribution in [-0.2, 0) is 7.05 Å². The molecule has 1 aliphatic rings. The second kappa shape index (κ2) is 4.57. The average molecular weight is 207 g/mol. The van der Waals surface area contributed by atoms with Gasteiger partial charge in [0.25, 0.3) is 0 Å². The van der Waals surface area contributed by atoms with Gasteiger partial charge in [0.1, 0.15) is 0 Å². The summed E-state index contributed by atoms with van der Waals surface area (Å²) in [6.45, 7) is 7.85. The lowest BCUT2D eigenvalue weighted by atomic mass is 10.3. The second-order valence-corrected chi connectivity index (χ2v) is 3.96. The summed E-state index contributed by atoms with van der Waals surface area (Å²) in [4.78, 5) is 4.82. The Morgan fingerprint density at radius 1 is 1.33 bits per heavy atom. The fourth-order valence-corrected chi connectivity index (χ4v) is 1.94. The Balaban J connectivity index is 2.01. The Bertz CT molecular complexity index is 318. The summed E-state index contributed by atoms with van der Waals surface area (Å²) in [5.74, 6) is 1.09. The molecule has 0 spiro atoms. The van der Waals surface area contributed by atoms with E-state index in [1.807, 2.05) is 17.9 Å². The van der Waals surface area contributed by atoms with Crippen LogP contribution in [0.5, 0.6) is 0 Å². The SMILES string of the molecule is CCN1CCN(c2ccc[n+](C)n2)CC1. The Morgan fingerprint density at radius 3 is 2.67 bits per heavy atom. The van der Waals surface area contributed by atoms with Crippen molar-refractivity contribution in [1.29, 1.82) is 0 Å². The molecule has 0 aromatic carbocycles. The largest absolute Gasteiger partial charge is 0.349 e. The molecule has 0 radical (unpaired) electrons. The lowest BCUT2D eigenvalue weighted by Crippen LogP contribution is -2.47. The minimum Gasteiger partial charge on any atom is -0.349 e. The van der Waals surface area contributed by atoms with E-state index in [9.17, 15) is 0 Å². The van der Waals surface area contributed by atoms with Crippen molar-refractivity contribution in [3.8, 4) is 0 Å². The lowest BCUT2D eigenvalue weighted by molar-refractivity contribution is -0.729. The van der Waals surface area contributed by atoms with Crippen LogP contribution in [0.2, 0.25) is 0 Å². The van der Waals surface area contributed by atoms with Crippen molar-refractivity contribution >= 4 is 5.82 Å². The number of hydrogen-bond donors (Lipinski definition) is 0. The monoisotopic (exact) mass is 207 g/mol. The molecule has 0 unspecified atom stereocenters. The molecule has 1 saturated heterocycles. The number of aryl methyl sites for hydroxylation is 1. The highest BCUT2D eigenvalue weighted by atomic mass is 15.3. The van der Waals surface area contributed by atoms with Crippen LogP contribution in [0, 0.1) is 0 Å². The van der Waals surface area contributed by atoms with Crippen LogP contribution in [-0.4, -0.2) is 42.7 Å². The molecular weight excluding hydrogens is 188 g/mol. The van der Waals surface area contributed by atoms with Gasteiger partial charge in [-0.05, 0) is 12.6 Å². The number of anilines is 1. The number of piperazine rings is 1. The van der Waals surface area contributed by atoms with Gasteiger partial charge in [-0.1, -0.05) is 11.6 Å². The number of rotatable bonds is 2. The van der Waals surface area contributed by atoms with E-state index >= 15 is 0 Å². The van der Waals surface area contributed by atoms with Gasteiger partial charge in [0.2, 0.25) is 0 Å². The second-order valence-electron chi connectivity index (χ2n) is 3.96. The van der Waals surface area contributed by atoms with Gasteiger partial charge >= 0.3 is 0 Å². The minimum absolute atomic E-state index is 1.09. The number of nitrogens with zero attached hydrogens (tertiary/aromatic N) is 4. The van der Waals surface area contributed by atoms with Gasteiger partial charge in [-0.15, -0.1) is 0 Å². The van der Waals surface area contributed by atoms with Gasteiger partial charge in [0.15, 0.2) is 19.1 Å². The molecule has 0 bridgehead atoms. The Labute approximate surface area is 91.1 Å². The Hall–Kier alpha value is -1.16. The summed E-state index contributed by atoms with van der Waals surface area (Å²) in [5, 5.41) is 4.47. The molecular formula is C11H19N4+. The van der Waals surface area contributed by atoms with E-state index in [0.717, 1.165) is 38.5 Å². The highest BCUT2D eigenvalue weighted by Gasteiger charge is 2.17. The Morgan fingerprint density at radius 2 is 2.07 bits per heavy atom. The van der Waals surface area contributed by atoms with Crippen LogP contribution in [0.3, 0.4) is 0 Å². The van der Waals surface area contributed by atoms with Gasteiger partial charge in [0.05, 0.1) is 0 Å². The molecule has 0 saturated carbocycles. The third-order valence-electron chi connectivity index (χ3n) is 2.95. The minimum atomic E-state index is 1.09. The summed E-state index contributed by atoms with van der Waals surface area (Å²) >= 11 is 0. The smallest absolute Gasteiger partial charge is 0.196 e. The van der Waals surface area contributed by atoms with Crippen molar-refractivity contribution in [1.82, 2.24) is 10.00 Å². The maximum absolute atomic E-state index is 4.47. The van der Waals surface area contributed by atoms with Crippen LogP contribution >= 0.6 is 0 Å². The van der Waals surface area contributed by atoms with E-state index in [1.54, 1.807) is 0 Å². The van der Waals surface area contributed by atoms with Crippen molar-refractivity contribution in [2.24, 2.45) is 7.05 Å². The van der Waals surface area contributed by atoms with E-state index in [2.05, 4.69) is 34.0 Å². The van der Waals surface area contributed by atoms with E-state index in [4.69, 9.17) is 0 Å². The summed E-state index contributed by atoms with van der Waals surface area (Å²) in [7, 11) is 1.96. The predicted octanol–water partition coefficient (Wildman–Crippen LogP) is 0.0480. The zero-order chi connectivity index (χ0) is 10.7. The third kappa shape index (κ3) is 2.45. The molecule has 4 nitrogen and oxygen atoms in total. The fourth-order valence-electron chi connectivity index (χ4n) is 1.94. The fraction of sp³-hybridized carbons (Fsp3) is 0.636. The molecule has 2 rings (SSSR count). The molecule has 1 aromatic heterocycles. The van der Waals surface area contributed by atoms with Crippen LogP contribution in [0.1, 0.15) is 6.92 Å². The molecule has 1 aromatic rings. The van der Waals surface area contributed by atoms with Gasteiger partial charge in [-0.3, -0.25) is 0 Å². The summed E-state index contributed by atoms with van der Waals surface area (Å²) in [5.41, 5.74) is 0. The number of aromatic nitrogens is 2. The molecule has 2 heterocycles. The number of likely N-dealkylation sites (N-methyl/N-ethyl adjacent to an activating group) is 1. The molecule has 1 aliphatic heterocycles. The van der Waals surface area contributed by atoms with Crippen LogP contribution in [0.4, 0.5) is 5.82 Å². The third-order valence-corrected chi connectivity index (χ3v) is 2.95. The highest BCUT2D eigenvalue weighted by molar-refractivity contribution is 5.36. The number of hydrogen-bond acceptors (Lipinski definition) is 3. The van der Waals surface area contributed by atoms with Crippen molar-refractivity contribution in [3.05, 3.63) is 18.3 Å². The zero-order valence-electron chi connectivity index (χ0n) is 9.56. The van der Waals surface area contributed by atoms with E-state index < -0.39 is 0 Å². The molecule has 0 N–H and O–H groups in total. The van der Waals surface area contributed by atoms with E-state index in [0.29, 0.717) is 0 Å². The van der Waals surface area contributed by atoms with Crippen molar-refractivity contribution in [2.75, 3.05) is 37.6 Å². The van der Waals surface area contributed by atoms with Gasteiger partial charge in [-0.2, -0.15) is 0 Å². The highest BCUT2D eigenvalue weighted by Crippen LogP contribution is 2.10. The molecule has 82 valence electrons. The zero-order valence-corrected chi connectivity index (χ0v) is 9.56. The maximum Gasteiger partial charge on any atom is 0.196 e. The predicted molar refractivity (Wildman–Crippen MR) is 59.7 cm³/mol. The molecule has 0 amide bonds.